The molecule has 2 heterocycles. The lowest BCUT2D eigenvalue weighted by Gasteiger charge is -2.06. The molecule has 0 saturated heterocycles. The van der Waals surface area contributed by atoms with Gasteiger partial charge in [0.25, 0.3) is 0 Å². The van der Waals surface area contributed by atoms with Crippen LogP contribution in [0.2, 0.25) is 5.15 Å². The van der Waals surface area contributed by atoms with Gasteiger partial charge in [0.2, 0.25) is 5.75 Å². The number of nitro benzene ring substituents is 1. The van der Waals surface area contributed by atoms with Crippen LogP contribution < -0.4 is 0 Å². The summed E-state index contributed by atoms with van der Waals surface area (Å²) in [5, 5.41) is 32.9. The van der Waals surface area contributed by atoms with Crippen molar-refractivity contribution in [3.05, 3.63) is 50.1 Å². The molecular formula is C16H12ClN3O4S. The van der Waals surface area contributed by atoms with E-state index >= 15 is 0 Å². The summed E-state index contributed by atoms with van der Waals surface area (Å²) >= 11 is 7.54. The summed E-state index contributed by atoms with van der Waals surface area (Å²) < 4.78 is 0. The van der Waals surface area contributed by atoms with E-state index in [1.54, 1.807) is 5.38 Å². The van der Waals surface area contributed by atoms with Gasteiger partial charge in [0.05, 0.1) is 16.2 Å². The number of hydrogen-bond acceptors (Lipinski definition) is 7. The first kappa shape index (κ1) is 17.1. The van der Waals surface area contributed by atoms with Gasteiger partial charge in [-0.15, -0.1) is 11.3 Å². The molecule has 3 rings (SSSR count). The van der Waals surface area contributed by atoms with Crippen LogP contribution in [-0.2, 0) is 0 Å². The first-order valence-corrected chi connectivity index (χ1v) is 8.34. The van der Waals surface area contributed by atoms with Crippen LogP contribution in [0, 0.1) is 24.0 Å². The maximum atomic E-state index is 11.0. The minimum atomic E-state index is -0.772. The average molecular weight is 378 g/mol. The van der Waals surface area contributed by atoms with Crippen LogP contribution >= 0.6 is 22.9 Å². The Bertz CT molecular complexity index is 980. The van der Waals surface area contributed by atoms with Crippen molar-refractivity contribution in [2.24, 2.45) is 0 Å². The summed E-state index contributed by atoms with van der Waals surface area (Å²) in [6.45, 7) is 3.74. The molecule has 0 spiro atoms. The number of phenolic OH excluding ortho intramolecular Hbond substituents is 2. The SMILES string of the molecule is Cc1cc(C)c(-c2nc(-c3cc(O)c(O)c([N+](=O)[O-])c3)cs2)c(Cl)n1. The van der Waals surface area contributed by atoms with Gasteiger partial charge in [-0.25, -0.2) is 9.97 Å². The van der Waals surface area contributed by atoms with E-state index in [1.807, 2.05) is 19.9 Å². The predicted octanol–water partition coefficient (Wildman–Crippen LogP) is 4.46. The molecule has 0 fully saturated rings. The van der Waals surface area contributed by atoms with E-state index in [2.05, 4.69) is 9.97 Å². The van der Waals surface area contributed by atoms with Crippen molar-refractivity contribution >= 4 is 28.6 Å². The quantitative estimate of drug-likeness (QED) is 0.302. The zero-order valence-corrected chi connectivity index (χ0v) is 14.7. The average Bonchev–Trinajstić information content (AvgIpc) is 2.98. The molecule has 1 aromatic carbocycles. The number of phenols is 2. The van der Waals surface area contributed by atoms with E-state index < -0.39 is 22.1 Å². The lowest BCUT2D eigenvalue weighted by Crippen LogP contribution is -1.92. The number of aromatic hydroxyl groups is 2. The Labute approximate surface area is 151 Å². The second-order valence-corrected chi connectivity index (χ2v) is 6.62. The zero-order valence-electron chi connectivity index (χ0n) is 13.1. The highest BCUT2D eigenvalue weighted by atomic mass is 35.5. The monoisotopic (exact) mass is 377 g/mol. The molecule has 128 valence electrons. The van der Waals surface area contributed by atoms with E-state index in [-0.39, 0.29) is 0 Å². The molecule has 7 nitrogen and oxygen atoms in total. The summed E-state index contributed by atoms with van der Waals surface area (Å²) in [4.78, 5) is 18.9. The van der Waals surface area contributed by atoms with Crippen molar-refractivity contribution in [1.29, 1.82) is 0 Å². The largest absolute Gasteiger partial charge is 0.504 e. The molecular weight excluding hydrogens is 366 g/mol. The standard InChI is InChI=1S/C16H12ClN3O4S/c1-7-3-8(2)18-15(17)13(7)16-19-10(6-25-16)9-4-11(20(23)24)14(22)12(21)5-9/h3-6,21-22H,1-2H3. The van der Waals surface area contributed by atoms with Crippen LogP contribution in [0.3, 0.4) is 0 Å². The maximum Gasteiger partial charge on any atom is 0.315 e. The van der Waals surface area contributed by atoms with Gasteiger partial charge in [0.15, 0.2) is 5.75 Å². The minimum absolute atomic E-state index is 0.318. The van der Waals surface area contributed by atoms with Crippen LogP contribution in [0.25, 0.3) is 21.8 Å². The Hall–Kier alpha value is -2.71. The Morgan fingerprint density at radius 3 is 2.56 bits per heavy atom. The summed E-state index contributed by atoms with van der Waals surface area (Å²) in [6, 6.07) is 4.28. The molecule has 2 aromatic heterocycles. The molecule has 0 aliphatic rings. The highest BCUT2D eigenvalue weighted by Crippen LogP contribution is 2.41. The number of hydrogen-bond donors (Lipinski definition) is 2. The van der Waals surface area contributed by atoms with Gasteiger partial charge in [-0.05, 0) is 31.5 Å². The smallest absolute Gasteiger partial charge is 0.315 e. The Morgan fingerprint density at radius 2 is 1.92 bits per heavy atom. The molecule has 2 N–H and O–H groups in total. The molecule has 0 aliphatic heterocycles. The van der Waals surface area contributed by atoms with Crippen LogP contribution in [-0.4, -0.2) is 25.1 Å². The number of halogens is 1. The van der Waals surface area contributed by atoms with Crippen molar-refractivity contribution < 1.29 is 15.1 Å². The number of nitro groups is 1. The fourth-order valence-corrected chi connectivity index (χ4v) is 3.83. The zero-order chi connectivity index (χ0) is 18.3. The van der Waals surface area contributed by atoms with Gasteiger partial charge in [-0.2, -0.15) is 0 Å². The summed E-state index contributed by atoms with van der Waals surface area (Å²) in [7, 11) is 0. The molecule has 0 aliphatic carbocycles. The number of rotatable bonds is 3. The number of pyridine rings is 1. The molecule has 0 amide bonds. The lowest BCUT2D eigenvalue weighted by molar-refractivity contribution is -0.385. The molecule has 0 radical (unpaired) electrons. The number of thiazole rings is 1. The van der Waals surface area contributed by atoms with Crippen molar-refractivity contribution in [2.75, 3.05) is 0 Å². The highest BCUT2D eigenvalue weighted by molar-refractivity contribution is 7.13. The topological polar surface area (TPSA) is 109 Å². The molecule has 0 atom stereocenters. The van der Waals surface area contributed by atoms with Gasteiger partial charge >= 0.3 is 5.69 Å². The van der Waals surface area contributed by atoms with E-state index in [0.717, 1.165) is 17.3 Å². The van der Waals surface area contributed by atoms with Crippen LogP contribution in [0.15, 0.2) is 23.6 Å². The first-order valence-electron chi connectivity index (χ1n) is 7.08. The molecule has 0 unspecified atom stereocenters. The van der Waals surface area contributed by atoms with Crippen LogP contribution in [0.1, 0.15) is 11.3 Å². The number of aromatic nitrogens is 2. The van der Waals surface area contributed by atoms with Gasteiger partial charge in [0, 0.05) is 22.7 Å². The molecule has 25 heavy (non-hydrogen) atoms. The van der Waals surface area contributed by atoms with Crippen LogP contribution in [0.5, 0.6) is 11.5 Å². The molecule has 9 heteroatoms. The molecule has 3 aromatic rings. The molecule has 0 saturated carbocycles. The van der Waals surface area contributed by atoms with Crippen molar-refractivity contribution in [3.8, 4) is 33.3 Å². The predicted molar refractivity (Wildman–Crippen MR) is 95.2 cm³/mol. The number of benzene rings is 1. The Kier molecular flexibility index (Phi) is 4.32. The Morgan fingerprint density at radius 1 is 1.20 bits per heavy atom. The third kappa shape index (κ3) is 3.13. The summed E-state index contributed by atoms with van der Waals surface area (Å²) in [5.41, 5.74) is 2.56. The van der Waals surface area contributed by atoms with Crippen molar-refractivity contribution in [3.63, 3.8) is 0 Å². The van der Waals surface area contributed by atoms with E-state index in [9.17, 15) is 20.3 Å². The highest BCUT2D eigenvalue weighted by Gasteiger charge is 2.21. The second-order valence-electron chi connectivity index (χ2n) is 5.40. The van der Waals surface area contributed by atoms with Crippen molar-refractivity contribution in [1.82, 2.24) is 9.97 Å². The number of nitrogens with zero attached hydrogens (tertiary/aromatic N) is 3. The second kappa shape index (κ2) is 6.30. The fraction of sp³-hybridized carbons (Fsp3) is 0.125. The normalized spacial score (nSPS) is 10.8. The Balaban J connectivity index is 2.11. The number of aryl methyl sites for hydroxylation is 2. The fourth-order valence-electron chi connectivity index (χ4n) is 2.46. The van der Waals surface area contributed by atoms with Gasteiger partial charge in [-0.3, -0.25) is 10.1 Å². The van der Waals surface area contributed by atoms with E-state index in [1.165, 1.54) is 17.4 Å². The minimum Gasteiger partial charge on any atom is -0.504 e. The van der Waals surface area contributed by atoms with Crippen molar-refractivity contribution in [2.45, 2.75) is 13.8 Å². The lowest BCUT2D eigenvalue weighted by atomic mass is 10.1. The summed E-state index contributed by atoms with van der Waals surface area (Å²) in [5.74, 6) is -1.35. The van der Waals surface area contributed by atoms with Crippen LogP contribution in [0.4, 0.5) is 5.69 Å². The van der Waals surface area contributed by atoms with E-state index in [0.29, 0.717) is 27.0 Å². The first-order chi connectivity index (χ1) is 11.8. The van der Waals surface area contributed by atoms with Gasteiger partial charge in [-0.1, -0.05) is 11.6 Å². The van der Waals surface area contributed by atoms with Gasteiger partial charge < -0.3 is 10.2 Å². The van der Waals surface area contributed by atoms with E-state index in [4.69, 9.17) is 11.6 Å². The maximum absolute atomic E-state index is 11.0. The summed E-state index contributed by atoms with van der Waals surface area (Å²) in [6.07, 6.45) is 0. The third-order valence-corrected chi connectivity index (χ3v) is 4.71. The molecule has 0 bridgehead atoms. The third-order valence-electron chi connectivity index (χ3n) is 3.58. The van der Waals surface area contributed by atoms with Gasteiger partial charge in [0.1, 0.15) is 10.2 Å².